The van der Waals surface area contributed by atoms with E-state index in [0.717, 1.165) is 5.56 Å². The van der Waals surface area contributed by atoms with Crippen LogP contribution in [0, 0.1) is 11.3 Å². The Bertz CT molecular complexity index is 894. The van der Waals surface area contributed by atoms with Crippen molar-refractivity contribution < 1.29 is 31.1 Å². The van der Waals surface area contributed by atoms with Crippen molar-refractivity contribution in [2.24, 2.45) is 0 Å². The van der Waals surface area contributed by atoms with Crippen molar-refractivity contribution in [1.82, 2.24) is 4.90 Å². The van der Waals surface area contributed by atoms with Crippen LogP contribution in [0.4, 0.5) is 26.3 Å². The van der Waals surface area contributed by atoms with E-state index < -0.39 is 36.2 Å². The Morgan fingerprint density at radius 2 is 1.56 bits per heavy atom. The maximum atomic E-state index is 13.1. The van der Waals surface area contributed by atoms with Crippen LogP contribution in [-0.4, -0.2) is 24.1 Å². The van der Waals surface area contributed by atoms with Gasteiger partial charge in [-0.1, -0.05) is 30.3 Å². The fraction of sp³-hybridized carbons (Fsp3) is 0.409. The number of benzene rings is 2. The molecule has 2 aromatic rings. The molecule has 0 saturated carbocycles. The van der Waals surface area contributed by atoms with Crippen LogP contribution in [-0.2, 0) is 23.7 Å². The minimum Gasteiger partial charge on any atom is -0.372 e. The van der Waals surface area contributed by atoms with E-state index in [0.29, 0.717) is 31.5 Å². The summed E-state index contributed by atoms with van der Waals surface area (Å²) in [7, 11) is 0. The molecule has 3 rings (SSSR count). The van der Waals surface area contributed by atoms with Gasteiger partial charge in [-0.3, -0.25) is 4.90 Å². The Labute approximate surface area is 188 Å². The SMILES string of the molecule is Cl.N#CCN1CCC[C@@H](OCc2cc(C(F)(F)F)cc(C(F)(F)F)c2)[C@H]1c1ccccc1. The fourth-order valence-corrected chi connectivity index (χ4v) is 3.85. The molecule has 2 aromatic carbocycles. The highest BCUT2D eigenvalue weighted by molar-refractivity contribution is 5.85. The van der Waals surface area contributed by atoms with Gasteiger partial charge in [0.1, 0.15) is 0 Å². The topological polar surface area (TPSA) is 36.3 Å². The lowest BCUT2D eigenvalue weighted by atomic mass is 9.92. The van der Waals surface area contributed by atoms with E-state index in [1.54, 1.807) is 0 Å². The molecule has 1 fully saturated rings. The van der Waals surface area contributed by atoms with Crippen molar-refractivity contribution in [2.45, 2.75) is 43.9 Å². The van der Waals surface area contributed by atoms with Crippen LogP contribution in [0.3, 0.4) is 0 Å². The quantitative estimate of drug-likeness (QED) is 0.369. The monoisotopic (exact) mass is 478 g/mol. The lowest BCUT2D eigenvalue weighted by Gasteiger charge is -2.40. The first-order valence-electron chi connectivity index (χ1n) is 9.65. The average molecular weight is 479 g/mol. The molecule has 0 spiro atoms. The second-order valence-corrected chi connectivity index (χ2v) is 7.39. The zero-order valence-electron chi connectivity index (χ0n) is 16.8. The molecule has 0 aromatic heterocycles. The summed E-state index contributed by atoms with van der Waals surface area (Å²) in [5, 5.41) is 9.15. The molecule has 174 valence electrons. The first kappa shape index (κ1) is 26.0. The lowest BCUT2D eigenvalue weighted by Crippen LogP contribution is -2.43. The van der Waals surface area contributed by atoms with Gasteiger partial charge in [0, 0.05) is 0 Å². The molecule has 0 unspecified atom stereocenters. The summed E-state index contributed by atoms with van der Waals surface area (Å²) < 4.78 is 84.5. The first-order valence-corrected chi connectivity index (χ1v) is 9.65. The fourth-order valence-electron chi connectivity index (χ4n) is 3.85. The Balaban J connectivity index is 0.00000363. The van der Waals surface area contributed by atoms with Gasteiger partial charge in [0.15, 0.2) is 0 Å². The highest BCUT2D eigenvalue weighted by Gasteiger charge is 2.37. The molecule has 10 heteroatoms. The van der Waals surface area contributed by atoms with Crippen LogP contribution in [0.1, 0.15) is 41.1 Å². The van der Waals surface area contributed by atoms with Crippen molar-refractivity contribution in [1.29, 1.82) is 5.26 Å². The van der Waals surface area contributed by atoms with Crippen LogP contribution in [0.5, 0.6) is 0 Å². The number of ether oxygens (including phenoxy) is 1. The van der Waals surface area contributed by atoms with Crippen molar-refractivity contribution in [3.63, 3.8) is 0 Å². The summed E-state index contributed by atoms with van der Waals surface area (Å²) in [6, 6.07) is 12.5. The van der Waals surface area contributed by atoms with Crippen molar-refractivity contribution in [2.75, 3.05) is 13.1 Å². The van der Waals surface area contributed by atoms with Gasteiger partial charge in [-0.2, -0.15) is 31.6 Å². The molecule has 1 aliphatic rings. The smallest absolute Gasteiger partial charge is 0.372 e. The second-order valence-electron chi connectivity index (χ2n) is 7.39. The van der Waals surface area contributed by atoms with Crippen LogP contribution in [0.25, 0.3) is 0 Å². The molecule has 0 radical (unpaired) electrons. The average Bonchev–Trinajstić information content (AvgIpc) is 2.72. The van der Waals surface area contributed by atoms with E-state index >= 15 is 0 Å². The Morgan fingerprint density at radius 3 is 2.09 bits per heavy atom. The highest BCUT2D eigenvalue weighted by atomic mass is 35.5. The standard InChI is InChI=1S/C22H20F6N2O.ClH/c23-21(24,25)17-11-15(12-18(13-17)22(26,27)28)14-31-19-7-4-9-30(10-8-29)20(19)16-5-2-1-3-6-16;/h1-3,5-6,11-13,19-20H,4,7,9-10,14H2;1H/t19-,20-;/m1./s1. The molecule has 3 nitrogen and oxygen atoms in total. The first-order chi connectivity index (χ1) is 14.6. The zero-order chi connectivity index (χ0) is 22.6. The van der Waals surface area contributed by atoms with Crippen molar-refractivity contribution in [3.8, 4) is 6.07 Å². The maximum Gasteiger partial charge on any atom is 0.416 e. The van der Waals surface area contributed by atoms with E-state index in [4.69, 9.17) is 10.00 Å². The van der Waals surface area contributed by atoms with Gasteiger partial charge < -0.3 is 4.74 Å². The van der Waals surface area contributed by atoms with E-state index in [9.17, 15) is 26.3 Å². The van der Waals surface area contributed by atoms with Crippen molar-refractivity contribution in [3.05, 3.63) is 70.8 Å². The lowest BCUT2D eigenvalue weighted by molar-refractivity contribution is -0.143. The molecule has 0 aliphatic carbocycles. The predicted molar refractivity (Wildman–Crippen MR) is 108 cm³/mol. The highest BCUT2D eigenvalue weighted by Crippen LogP contribution is 2.37. The third-order valence-corrected chi connectivity index (χ3v) is 5.21. The Morgan fingerprint density at radius 1 is 0.969 bits per heavy atom. The molecule has 0 N–H and O–H groups in total. The Hall–Kier alpha value is -2.28. The number of hydrogen-bond acceptors (Lipinski definition) is 3. The number of halogens is 7. The number of likely N-dealkylation sites (tertiary alicyclic amines) is 1. The largest absolute Gasteiger partial charge is 0.416 e. The normalized spacial score (nSPS) is 19.8. The van der Waals surface area contributed by atoms with E-state index in [1.807, 2.05) is 35.2 Å². The molecule has 32 heavy (non-hydrogen) atoms. The van der Waals surface area contributed by atoms with Gasteiger partial charge in [0.25, 0.3) is 0 Å². The van der Waals surface area contributed by atoms with Crippen LogP contribution < -0.4 is 0 Å². The minimum absolute atomic E-state index is 0. The van der Waals surface area contributed by atoms with Gasteiger partial charge in [-0.25, -0.2) is 0 Å². The number of hydrogen-bond donors (Lipinski definition) is 0. The number of nitrogens with zero attached hydrogens (tertiary/aromatic N) is 2. The molecule has 0 amide bonds. The van der Waals surface area contributed by atoms with Gasteiger partial charge in [0.2, 0.25) is 0 Å². The van der Waals surface area contributed by atoms with Crippen LogP contribution >= 0.6 is 12.4 Å². The van der Waals surface area contributed by atoms with E-state index in [2.05, 4.69) is 6.07 Å². The summed E-state index contributed by atoms with van der Waals surface area (Å²) in [4.78, 5) is 1.91. The zero-order valence-corrected chi connectivity index (χ0v) is 17.6. The van der Waals surface area contributed by atoms with Crippen LogP contribution in [0.2, 0.25) is 0 Å². The summed E-state index contributed by atoms with van der Waals surface area (Å²) >= 11 is 0. The summed E-state index contributed by atoms with van der Waals surface area (Å²) in [5.41, 5.74) is -2.06. The number of nitriles is 1. The maximum absolute atomic E-state index is 13.1. The third-order valence-electron chi connectivity index (χ3n) is 5.21. The van der Waals surface area contributed by atoms with Gasteiger partial charge in [-0.05, 0) is 48.7 Å². The third kappa shape index (κ3) is 6.37. The summed E-state index contributed by atoms with van der Waals surface area (Å²) in [6.45, 7) is 0.386. The Kier molecular flexibility index (Phi) is 8.57. The molecular weight excluding hydrogens is 458 g/mol. The van der Waals surface area contributed by atoms with E-state index in [1.165, 1.54) is 0 Å². The van der Waals surface area contributed by atoms with Gasteiger partial charge in [-0.15, -0.1) is 12.4 Å². The molecule has 1 heterocycles. The number of piperidine rings is 1. The molecule has 0 bridgehead atoms. The summed E-state index contributed by atoms with van der Waals surface area (Å²) in [5.74, 6) is 0. The number of rotatable bonds is 5. The molecule has 2 atom stereocenters. The van der Waals surface area contributed by atoms with Crippen LogP contribution in [0.15, 0.2) is 48.5 Å². The summed E-state index contributed by atoms with van der Waals surface area (Å²) in [6.07, 6.45) is -9.01. The number of alkyl halides is 6. The van der Waals surface area contributed by atoms with Gasteiger partial charge in [0.05, 0.1) is 42.5 Å². The van der Waals surface area contributed by atoms with E-state index in [-0.39, 0.29) is 36.6 Å². The predicted octanol–water partition coefficient (Wildman–Crippen LogP) is 6.39. The molecular formula is C22H21ClF6N2O. The van der Waals surface area contributed by atoms with Crippen molar-refractivity contribution >= 4 is 12.4 Å². The minimum atomic E-state index is -4.91. The van der Waals surface area contributed by atoms with Gasteiger partial charge >= 0.3 is 12.4 Å². The molecule has 1 saturated heterocycles. The molecule has 1 aliphatic heterocycles. The second kappa shape index (κ2) is 10.6.